The van der Waals surface area contributed by atoms with Gasteiger partial charge in [-0.3, -0.25) is 4.90 Å². The molecule has 22 heavy (non-hydrogen) atoms. The zero-order valence-electron chi connectivity index (χ0n) is 13.0. The quantitative estimate of drug-likeness (QED) is 0.709. The molecule has 0 bridgehead atoms. The third kappa shape index (κ3) is 3.02. The van der Waals surface area contributed by atoms with Crippen LogP contribution >= 0.6 is 15.9 Å². The molecule has 118 valence electrons. The molecule has 0 fully saturated rings. The van der Waals surface area contributed by atoms with Crippen LogP contribution in [0.25, 0.3) is 5.57 Å². The lowest BCUT2D eigenvalue weighted by molar-refractivity contribution is -0.140. The monoisotopic (exact) mass is 367 g/mol. The third-order valence-corrected chi connectivity index (χ3v) is 3.66. The van der Waals surface area contributed by atoms with Gasteiger partial charge in [-0.25, -0.2) is 9.59 Å². The molecule has 1 aliphatic heterocycles. The molecule has 1 aromatic rings. The van der Waals surface area contributed by atoms with Crippen LogP contribution in [0.3, 0.4) is 0 Å². The Morgan fingerprint density at radius 2 is 1.95 bits per heavy atom. The number of carbonyl (C=O) groups excluding carboxylic acids is 2. The minimum absolute atomic E-state index is 0.508. The number of hydrogen-bond donors (Lipinski definition) is 0. The second-order valence-electron chi connectivity index (χ2n) is 5.96. The summed E-state index contributed by atoms with van der Waals surface area (Å²) in [4.78, 5) is 25.9. The summed E-state index contributed by atoms with van der Waals surface area (Å²) in [6.07, 6.45) is -0.606. The van der Waals surface area contributed by atoms with Gasteiger partial charge in [-0.2, -0.15) is 0 Å². The van der Waals surface area contributed by atoms with Gasteiger partial charge in [-0.15, -0.1) is 0 Å². The number of ether oxygens (including phenoxy) is 2. The fourth-order valence-electron chi connectivity index (χ4n) is 2.29. The summed E-state index contributed by atoms with van der Waals surface area (Å²) in [6, 6.07) is 4.45. The molecule has 0 radical (unpaired) electrons. The highest BCUT2D eigenvalue weighted by Gasteiger charge is 2.43. The molecule has 2 rings (SSSR count). The Labute approximate surface area is 138 Å². The van der Waals surface area contributed by atoms with Gasteiger partial charge in [0.2, 0.25) is 0 Å². The van der Waals surface area contributed by atoms with E-state index in [0.29, 0.717) is 11.3 Å². The number of hydrogen-bond acceptors (Lipinski definition) is 4. The first-order valence-electron chi connectivity index (χ1n) is 6.74. The topological polar surface area (TPSA) is 55.8 Å². The van der Waals surface area contributed by atoms with E-state index in [1.807, 2.05) is 6.07 Å². The largest absolute Gasteiger partial charge is 0.467 e. The van der Waals surface area contributed by atoms with Crippen LogP contribution in [0, 0.1) is 0 Å². The molecule has 5 nitrogen and oxygen atoms in total. The highest BCUT2D eigenvalue weighted by Crippen LogP contribution is 2.42. The van der Waals surface area contributed by atoms with Crippen LogP contribution in [0.4, 0.5) is 10.5 Å². The maximum atomic E-state index is 12.5. The second kappa shape index (κ2) is 5.76. The van der Waals surface area contributed by atoms with E-state index in [9.17, 15) is 9.59 Å². The summed E-state index contributed by atoms with van der Waals surface area (Å²) in [5.74, 6) is -0.553. The average Bonchev–Trinajstić information content (AvgIpc) is 2.69. The van der Waals surface area contributed by atoms with Crippen molar-refractivity contribution in [2.24, 2.45) is 0 Å². The van der Waals surface area contributed by atoms with Crippen LogP contribution in [0.15, 0.2) is 29.3 Å². The van der Waals surface area contributed by atoms with Crippen molar-refractivity contribution in [1.29, 1.82) is 0 Å². The van der Waals surface area contributed by atoms with E-state index in [2.05, 4.69) is 22.5 Å². The van der Waals surface area contributed by atoms with Gasteiger partial charge in [0.1, 0.15) is 5.60 Å². The summed E-state index contributed by atoms with van der Waals surface area (Å²) in [7, 11) is 1.28. The fourth-order valence-corrected chi connectivity index (χ4v) is 2.65. The Kier molecular flexibility index (Phi) is 4.33. The maximum Gasteiger partial charge on any atom is 0.415 e. The Balaban J connectivity index is 2.50. The number of carbonyl (C=O) groups is 2. The van der Waals surface area contributed by atoms with Gasteiger partial charge in [-0.05, 0) is 44.5 Å². The molecule has 6 heteroatoms. The summed E-state index contributed by atoms with van der Waals surface area (Å²) in [5.41, 5.74) is 1.14. The zero-order chi connectivity index (χ0) is 16.7. The van der Waals surface area contributed by atoms with Gasteiger partial charge in [0.15, 0.2) is 6.04 Å². The number of rotatable bonds is 1. The Bertz CT molecular complexity index is 648. The predicted molar refractivity (Wildman–Crippen MR) is 87.7 cm³/mol. The van der Waals surface area contributed by atoms with Crippen molar-refractivity contribution in [3.63, 3.8) is 0 Å². The smallest absolute Gasteiger partial charge is 0.415 e. The van der Waals surface area contributed by atoms with Gasteiger partial charge in [-0.1, -0.05) is 22.5 Å². The van der Waals surface area contributed by atoms with Crippen LogP contribution in [0.2, 0.25) is 0 Å². The lowest BCUT2D eigenvalue weighted by Gasteiger charge is -2.28. The van der Waals surface area contributed by atoms with Crippen LogP contribution < -0.4 is 4.90 Å². The number of methoxy groups -OCH3 is 1. The van der Waals surface area contributed by atoms with Gasteiger partial charge >= 0.3 is 12.1 Å². The van der Waals surface area contributed by atoms with Crippen molar-refractivity contribution in [3.8, 4) is 0 Å². The van der Waals surface area contributed by atoms with Crippen LogP contribution in [-0.4, -0.2) is 30.8 Å². The fraction of sp³-hybridized carbons (Fsp3) is 0.375. The number of anilines is 1. The molecule has 1 amide bonds. The van der Waals surface area contributed by atoms with Crippen molar-refractivity contribution in [2.75, 3.05) is 12.0 Å². The third-order valence-electron chi connectivity index (χ3n) is 3.17. The van der Waals surface area contributed by atoms with E-state index < -0.39 is 23.7 Å². The number of benzene rings is 1. The minimum atomic E-state index is -0.913. The second-order valence-corrected chi connectivity index (χ2v) is 6.88. The van der Waals surface area contributed by atoms with E-state index in [-0.39, 0.29) is 0 Å². The molecule has 1 heterocycles. The average molecular weight is 368 g/mol. The molecule has 0 spiro atoms. The zero-order valence-corrected chi connectivity index (χ0v) is 14.6. The van der Waals surface area contributed by atoms with E-state index in [4.69, 9.17) is 9.47 Å². The summed E-state index contributed by atoms with van der Waals surface area (Å²) in [5, 5.41) is 0. The Morgan fingerprint density at radius 1 is 1.32 bits per heavy atom. The van der Waals surface area contributed by atoms with Gasteiger partial charge < -0.3 is 9.47 Å². The first kappa shape index (κ1) is 16.5. The highest BCUT2D eigenvalue weighted by molar-refractivity contribution is 9.10. The molecule has 0 N–H and O–H groups in total. The van der Waals surface area contributed by atoms with Crippen molar-refractivity contribution in [3.05, 3.63) is 34.8 Å². The maximum absolute atomic E-state index is 12.5. The molecular formula is C16H18BrNO4. The summed E-state index contributed by atoms with van der Waals surface area (Å²) >= 11 is 3.38. The molecule has 0 saturated carbocycles. The minimum Gasteiger partial charge on any atom is -0.467 e. The van der Waals surface area contributed by atoms with Gasteiger partial charge in [0.25, 0.3) is 0 Å². The predicted octanol–water partition coefficient (Wildman–Crippen LogP) is 3.76. The lowest BCUT2D eigenvalue weighted by atomic mass is 10.0. The van der Waals surface area contributed by atoms with Crippen molar-refractivity contribution in [1.82, 2.24) is 0 Å². The summed E-state index contributed by atoms with van der Waals surface area (Å²) in [6.45, 7) is 9.25. The first-order valence-corrected chi connectivity index (χ1v) is 7.54. The Morgan fingerprint density at radius 3 is 2.50 bits per heavy atom. The summed E-state index contributed by atoms with van der Waals surface area (Å²) < 4.78 is 11.1. The Hall–Kier alpha value is -1.82. The highest BCUT2D eigenvalue weighted by atomic mass is 79.9. The van der Waals surface area contributed by atoms with Crippen LogP contribution in [-0.2, 0) is 14.3 Å². The van der Waals surface area contributed by atoms with E-state index in [0.717, 1.165) is 10.0 Å². The molecule has 1 unspecified atom stereocenters. The van der Waals surface area contributed by atoms with Crippen LogP contribution in [0.1, 0.15) is 26.3 Å². The molecule has 0 aliphatic carbocycles. The molecule has 0 saturated heterocycles. The standard InChI is InChI=1S/C16H18BrNO4/c1-9-11-8-10(17)6-7-12(11)18(13(9)14(19)21-5)15(20)22-16(2,3)4/h6-8,13H,1H2,2-5H3. The number of nitrogens with zero attached hydrogens (tertiary/aromatic N) is 1. The van der Waals surface area contributed by atoms with Gasteiger partial charge in [0, 0.05) is 10.0 Å². The van der Waals surface area contributed by atoms with E-state index >= 15 is 0 Å². The van der Waals surface area contributed by atoms with Crippen molar-refractivity contribution in [2.45, 2.75) is 32.4 Å². The lowest BCUT2D eigenvalue weighted by Crippen LogP contribution is -2.45. The molecule has 1 aromatic carbocycles. The SMILES string of the molecule is C=C1c2cc(Br)ccc2N(C(=O)OC(C)(C)C)C1C(=O)OC. The van der Waals surface area contributed by atoms with E-state index in [1.165, 1.54) is 12.0 Å². The van der Waals surface area contributed by atoms with Crippen LogP contribution in [0.5, 0.6) is 0 Å². The number of esters is 1. The number of fused-ring (bicyclic) bond motifs is 1. The van der Waals surface area contributed by atoms with Crippen molar-refractivity contribution < 1.29 is 19.1 Å². The first-order chi connectivity index (χ1) is 10.2. The normalized spacial score (nSPS) is 17.2. The molecular weight excluding hydrogens is 350 g/mol. The van der Waals surface area contributed by atoms with Gasteiger partial charge in [0.05, 0.1) is 12.8 Å². The van der Waals surface area contributed by atoms with E-state index in [1.54, 1.807) is 32.9 Å². The molecule has 0 aromatic heterocycles. The number of amides is 1. The molecule has 1 atom stereocenters. The van der Waals surface area contributed by atoms with Crippen molar-refractivity contribution >= 4 is 39.3 Å². The number of halogens is 1. The molecule has 1 aliphatic rings.